The average Bonchev–Trinajstić information content (AvgIpc) is 2.41. The predicted molar refractivity (Wildman–Crippen MR) is 75.6 cm³/mol. The van der Waals surface area contributed by atoms with Crippen molar-refractivity contribution in [3.8, 4) is 5.75 Å². The van der Waals surface area contributed by atoms with Crippen LogP contribution in [0.25, 0.3) is 0 Å². The third-order valence-corrected chi connectivity index (χ3v) is 2.81. The second-order valence-electron chi connectivity index (χ2n) is 4.89. The van der Waals surface area contributed by atoms with Crippen molar-refractivity contribution < 1.29 is 19.4 Å². The lowest BCUT2D eigenvalue weighted by Crippen LogP contribution is -2.44. The van der Waals surface area contributed by atoms with Crippen LogP contribution < -0.4 is 10.1 Å². The molecule has 0 heterocycles. The Balaban J connectivity index is 2.24. The summed E-state index contributed by atoms with van der Waals surface area (Å²) in [5, 5.41) is 11.5. The zero-order chi connectivity index (χ0) is 15.0. The Bertz CT molecular complexity index is 431. The highest BCUT2D eigenvalue weighted by Gasteiger charge is 2.22. The minimum Gasteiger partial charge on any atom is -0.494 e. The number of aliphatic carboxylic acids is 1. The van der Waals surface area contributed by atoms with Gasteiger partial charge in [-0.25, -0.2) is 4.79 Å². The van der Waals surface area contributed by atoms with Crippen molar-refractivity contribution in [1.29, 1.82) is 0 Å². The van der Waals surface area contributed by atoms with Gasteiger partial charge in [0.1, 0.15) is 11.8 Å². The summed E-state index contributed by atoms with van der Waals surface area (Å²) in [5.41, 5.74) is 0. The van der Waals surface area contributed by atoms with Crippen LogP contribution in [0.15, 0.2) is 30.3 Å². The van der Waals surface area contributed by atoms with Gasteiger partial charge in [0.05, 0.1) is 6.61 Å². The molecule has 1 amide bonds. The van der Waals surface area contributed by atoms with Crippen molar-refractivity contribution in [1.82, 2.24) is 5.32 Å². The first-order valence-corrected chi connectivity index (χ1v) is 6.70. The first kappa shape index (κ1) is 16.0. The quantitative estimate of drug-likeness (QED) is 0.714. The van der Waals surface area contributed by atoms with Crippen LogP contribution in [0.4, 0.5) is 0 Å². The Kier molecular flexibility index (Phi) is 6.56. The molecule has 2 N–H and O–H groups in total. The molecule has 0 aliphatic heterocycles. The number of carbonyl (C=O) groups is 2. The van der Waals surface area contributed by atoms with Crippen molar-refractivity contribution in [2.24, 2.45) is 5.92 Å². The van der Waals surface area contributed by atoms with E-state index in [1.54, 1.807) is 13.8 Å². The number of amides is 1. The Morgan fingerprint density at radius 3 is 2.45 bits per heavy atom. The molecule has 0 radical (unpaired) electrons. The van der Waals surface area contributed by atoms with Crippen molar-refractivity contribution in [3.05, 3.63) is 30.3 Å². The lowest BCUT2D eigenvalue weighted by atomic mass is 10.0. The van der Waals surface area contributed by atoms with Crippen molar-refractivity contribution in [2.45, 2.75) is 32.7 Å². The minimum absolute atomic E-state index is 0.142. The summed E-state index contributed by atoms with van der Waals surface area (Å²) in [6, 6.07) is 8.51. The van der Waals surface area contributed by atoms with Crippen molar-refractivity contribution in [2.75, 3.05) is 6.61 Å². The summed E-state index contributed by atoms with van der Waals surface area (Å²) in [4.78, 5) is 22.6. The number of rotatable bonds is 8. The Hall–Kier alpha value is -2.04. The summed E-state index contributed by atoms with van der Waals surface area (Å²) in [6.07, 6.45) is 0.800. The van der Waals surface area contributed by atoms with Crippen LogP contribution in [0.2, 0.25) is 0 Å². The number of carboxylic acid groups (broad SMARTS) is 1. The van der Waals surface area contributed by atoms with E-state index in [9.17, 15) is 9.59 Å². The molecule has 0 bridgehead atoms. The molecule has 110 valence electrons. The smallest absolute Gasteiger partial charge is 0.326 e. The molecule has 0 saturated heterocycles. The molecule has 0 spiro atoms. The largest absolute Gasteiger partial charge is 0.494 e. The number of ether oxygens (including phenoxy) is 1. The highest BCUT2D eigenvalue weighted by Crippen LogP contribution is 2.09. The predicted octanol–water partition coefficient (Wildman–Crippen LogP) is 2.07. The Morgan fingerprint density at radius 1 is 1.25 bits per heavy atom. The monoisotopic (exact) mass is 279 g/mol. The van der Waals surface area contributed by atoms with Crippen LogP contribution in [-0.4, -0.2) is 29.6 Å². The van der Waals surface area contributed by atoms with E-state index in [1.807, 2.05) is 30.3 Å². The van der Waals surface area contributed by atoms with Gasteiger partial charge in [0.25, 0.3) is 0 Å². The number of carbonyl (C=O) groups excluding carboxylic acids is 1. The molecule has 0 unspecified atom stereocenters. The number of nitrogens with one attached hydrogen (secondary N) is 1. The molecular formula is C15H21NO4. The molecule has 20 heavy (non-hydrogen) atoms. The zero-order valence-electron chi connectivity index (χ0n) is 11.8. The molecule has 0 aromatic heterocycles. The van der Waals surface area contributed by atoms with Crippen LogP contribution in [-0.2, 0) is 9.59 Å². The maximum atomic E-state index is 11.6. The number of hydrogen-bond donors (Lipinski definition) is 2. The van der Waals surface area contributed by atoms with Gasteiger partial charge in [-0.1, -0.05) is 32.0 Å². The van der Waals surface area contributed by atoms with Crippen LogP contribution in [0.1, 0.15) is 26.7 Å². The summed E-state index contributed by atoms with van der Waals surface area (Å²) in [7, 11) is 0. The minimum atomic E-state index is -1.01. The normalized spacial score (nSPS) is 11.9. The SMILES string of the molecule is CC(C)[C@H](NC(=O)CCCOc1ccccc1)C(=O)O. The van der Waals surface area contributed by atoms with Crippen LogP contribution >= 0.6 is 0 Å². The third kappa shape index (κ3) is 5.73. The summed E-state index contributed by atoms with van der Waals surface area (Å²) in [5.74, 6) is -0.646. The molecular weight excluding hydrogens is 258 g/mol. The van der Waals surface area contributed by atoms with Gasteiger partial charge < -0.3 is 15.2 Å². The number of para-hydroxylation sites is 1. The second-order valence-corrected chi connectivity index (χ2v) is 4.89. The van der Waals surface area contributed by atoms with Gasteiger partial charge in [0, 0.05) is 6.42 Å². The highest BCUT2D eigenvalue weighted by molar-refractivity contribution is 5.83. The molecule has 0 saturated carbocycles. The first-order chi connectivity index (χ1) is 9.50. The zero-order valence-corrected chi connectivity index (χ0v) is 11.8. The Labute approximate surface area is 118 Å². The van der Waals surface area contributed by atoms with Gasteiger partial charge in [-0.15, -0.1) is 0 Å². The van der Waals surface area contributed by atoms with Gasteiger partial charge >= 0.3 is 5.97 Å². The average molecular weight is 279 g/mol. The fourth-order valence-electron chi connectivity index (χ4n) is 1.70. The van der Waals surface area contributed by atoms with E-state index in [-0.39, 0.29) is 18.2 Å². The number of carboxylic acids is 1. The molecule has 1 atom stereocenters. The molecule has 1 rings (SSSR count). The fraction of sp³-hybridized carbons (Fsp3) is 0.467. The lowest BCUT2D eigenvalue weighted by Gasteiger charge is -2.17. The molecule has 0 fully saturated rings. The van der Waals surface area contributed by atoms with Gasteiger partial charge in [0.2, 0.25) is 5.91 Å². The first-order valence-electron chi connectivity index (χ1n) is 6.70. The third-order valence-electron chi connectivity index (χ3n) is 2.81. The molecule has 1 aromatic carbocycles. The van der Waals surface area contributed by atoms with Gasteiger partial charge in [0.15, 0.2) is 0 Å². The van der Waals surface area contributed by atoms with E-state index >= 15 is 0 Å². The van der Waals surface area contributed by atoms with Crippen molar-refractivity contribution >= 4 is 11.9 Å². The molecule has 0 aliphatic rings. The maximum absolute atomic E-state index is 11.6. The van der Waals surface area contributed by atoms with Gasteiger partial charge in [-0.2, -0.15) is 0 Å². The fourth-order valence-corrected chi connectivity index (χ4v) is 1.70. The van der Waals surface area contributed by atoms with Crippen LogP contribution in [0, 0.1) is 5.92 Å². The maximum Gasteiger partial charge on any atom is 0.326 e. The summed E-state index contributed by atoms with van der Waals surface area (Å²) >= 11 is 0. The standard InChI is InChI=1S/C15H21NO4/c1-11(2)14(15(18)19)16-13(17)9-6-10-20-12-7-4-3-5-8-12/h3-5,7-8,11,14H,6,9-10H2,1-2H3,(H,16,17)(H,18,19)/t14-/m0/s1. The van der Waals surface area contributed by atoms with Gasteiger partial charge in [-0.3, -0.25) is 4.79 Å². The topological polar surface area (TPSA) is 75.6 Å². The second kappa shape index (κ2) is 8.19. The Morgan fingerprint density at radius 2 is 1.90 bits per heavy atom. The highest BCUT2D eigenvalue weighted by atomic mass is 16.5. The summed E-state index contributed by atoms with van der Waals surface area (Å²) in [6.45, 7) is 3.95. The molecule has 5 heteroatoms. The van der Waals surface area contributed by atoms with E-state index in [0.29, 0.717) is 13.0 Å². The van der Waals surface area contributed by atoms with Gasteiger partial charge in [-0.05, 0) is 24.5 Å². The molecule has 1 aromatic rings. The van der Waals surface area contributed by atoms with Crippen LogP contribution in [0.5, 0.6) is 5.75 Å². The molecule has 0 aliphatic carbocycles. The van der Waals surface area contributed by atoms with E-state index in [1.165, 1.54) is 0 Å². The van der Waals surface area contributed by atoms with E-state index in [0.717, 1.165) is 5.75 Å². The molecule has 5 nitrogen and oxygen atoms in total. The number of benzene rings is 1. The summed E-state index contributed by atoms with van der Waals surface area (Å²) < 4.78 is 5.46. The number of hydrogen-bond acceptors (Lipinski definition) is 3. The lowest BCUT2D eigenvalue weighted by molar-refractivity contribution is -0.143. The van der Waals surface area contributed by atoms with E-state index in [4.69, 9.17) is 9.84 Å². The van der Waals surface area contributed by atoms with Crippen LogP contribution in [0.3, 0.4) is 0 Å². The van der Waals surface area contributed by atoms with Crippen molar-refractivity contribution in [3.63, 3.8) is 0 Å². The van der Waals surface area contributed by atoms with E-state index < -0.39 is 12.0 Å². The van der Waals surface area contributed by atoms with E-state index in [2.05, 4.69) is 5.32 Å².